The number of nitrogens with one attached hydrogen (secondary N) is 1. The third-order valence-electron chi connectivity index (χ3n) is 2.45. The van der Waals surface area contributed by atoms with Crippen molar-refractivity contribution in [1.82, 2.24) is 19.6 Å². The van der Waals surface area contributed by atoms with E-state index in [4.69, 9.17) is 5.11 Å². The van der Waals surface area contributed by atoms with Gasteiger partial charge in [-0.25, -0.2) is 0 Å². The molecule has 0 fully saturated rings. The first-order chi connectivity index (χ1) is 8.31. The molecule has 0 amide bonds. The van der Waals surface area contributed by atoms with Crippen LogP contribution < -0.4 is 5.32 Å². The van der Waals surface area contributed by atoms with E-state index < -0.39 is 0 Å². The van der Waals surface area contributed by atoms with Crippen molar-refractivity contribution in [1.29, 1.82) is 0 Å². The lowest BCUT2D eigenvalue weighted by atomic mass is 10.3. The van der Waals surface area contributed by atoms with Crippen LogP contribution >= 0.6 is 0 Å². The van der Waals surface area contributed by atoms with Crippen LogP contribution in [0.15, 0.2) is 24.7 Å². The van der Waals surface area contributed by atoms with E-state index in [-0.39, 0.29) is 6.61 Å². The highest BCUT2D eigenvalue weighted by Gasteiger charge is 2.00. The first-order valence-corrected chi connectivity index (χ1v) is 5.71. The quantitative estimate of drug-likeness (QED) is 0.773. The molecule has 0 aliphatic heterocycles. The number of hydrogen-bond donors (Lipinski definition) is 2. The van der Waals surface area contributed by atoms with Gasteiger partial charge in [0.2, 0.25) is 0 Å². The van der Waals surface area contributed by atoms with Crippen LogP contribution in [0.5, 0.6) is 0 Å². The fraction of sp³-hybridized carbons (Fsp3) is 0.455. The molecule has 0 aliphatic rings. The van der Waals surface area contributed by atoms with E-state index in [0.717, 1.165) is 17.9 Å². The summed E-state index contributed by atoms with van der Waals surface area (Å²) < 4.78 is 3.60. The Morgan fingerprint density at radius 1 is 1.41 bits per heavy atom. The predicted molar refractivity (Wildman–Crippen MR) is 64.5 cm³/mol. The molecule has 0 saturated carbocycles. The second-order valence-electron chi connectivity index (χ2n) is 3.75. The molecule has 0 spiro atoms. The van der Waals surface area contributed by atoms with Gasteiger partial charge in [-0.2, -0.15) is 10.2 Å². The SMILES string of the molecule is CCn1cc(CNc2ccn(CCO)n2)cn1. The molecule has 0 unspecified atom stereocenters. The average Bonchev–Trinajstić information content (AvgIpc) is 2.95. The van der Waals surface area contributed by atoms with Crippen LogP contribution in [0, 0.1) is 0 Å². The van der Waals surface area contributed by atoms with Crippen LogP contribution in [0.1, 0.15) is 12.5 Å². The summed E-state index contributed by atoms with van der Waals surface area (Å²) >= 11 is 0. The minimum atomic E-state index is 0.102. The topological polar surface area (TPSA) is 67.9 Å². The first kappa shape index (κ1) is 11.7. The van der Waals surface area contributed by atoms with E-state index >= 15 is 0 Å². The molecule has 0 aromatic carbocycles. The molecule has 0 aliphatic carbocycles. The van der Waals surface area contributed by atoms with Crippen molar-refractivity contribution in [3.63, 3.8) is 0 Å². The molecule has 0 radical (unpaired) electrons. The number of aromatic nitrogens is 4. The molecule has 17 heavy (non-hydrogen) atoms. The van der Waals surface area contributed by atoms with Gasteiger partial charge in [0.25, 0.3) is 0 Å². The standard InChI is InChI=1S/C11H17N5O/c1-2-15-9-10(8-13-15)7-12-11-3-4-16(14-11)5-6-17/h3-4,8-9,17H,2,5-7H2,1H3,(H,12,14). The molecule has 0 bridgehead atoms. The second kappa shape index (κ2) is 5.49. The molecule has 2 rings (SSSR count). The molecular formula is C11H17N5O. The lowest BCUT2D eigenvalue weighted by Gasteiger charge is -2.00. The molecule has 0 atom stereocenters. The number of aryl methyl sites for hydroxylation is 1. The monoisotopic (exact) mass is 235 g/mol. The summed E-state index contributed by atoms with van der Waals surface area (Å²) in [6.45, 7) is 4.27. The van der Waals surface area contributed by atoms with Gasteiger partial charge in [-0.3, -0.25) is 9.36 Å². The molecule has 2 N–H and O–H groups in total. The largest absolute Gasteiger partial charge is 0.394 e. The first-order valence-electron chi connectivity index (χ1n) is 5.71. The van der Waals surface area contributed by atoms with Crippen molar-refractivity contribution in [3.05, 3.63) is 30.2 Å². The van der Waals surface area contributed by atoms with Gasteiger partial charge in [0.05, 0.1) is 19.3 Å². The fourth-order valence-corrected chi connectivity index (χ4v) is 1.55. The Balaban J connectivity index is 1.88. The summed E-state index contributed by atoms with van der Waals surface area (Å²) in [5.41, 5.74) is 1.13. The smallest absolute Gasteiger partial charge is 0.148 e. The Bertz CT molecular complexity index is 462. The summed E-state index contributed by atoms with van der Waals surface area (Å²) in [5.74, 6) is 0.808. The van der Waals surface area contributed by atoms with Crippen molar-refractivity contribution in [2.45, 2.75) is 26.6 Å². The van der Waals surface area contributed by atoms with Crippen LogP contribution in [0.25, 0.3) is 0 Å². The number of hydrogen-bond acceptors (Lipinski definition) is 4. The Morgan fingerprint density at radius 2 is 2.29 bits per heavy atom. The van der Waals surface area contributed by atoms with E-state index in [1.54, 1.807) is 4.68 Å². The van der Waals surface area contributed by atoms with Crippen molar-refractivity contribution in [2.24, 2.45) is 0 Å². The van der Waals surface area contributed by atoms with Gasteiger partial charge in [0.15, 0.2) is 0 Å². The summed E-state index contributed by atoms with van der Waals surface area (Å²) in [4.78, 5) is 0. The summed E-state index contributed by atoms with van der Waals surface area (Å²) in [7, 11) is 0. The van der Waals surface area contributed by atoms with E-state index in [1.165, 1.54) is 0 Å². The molecule has 2 aromatic heterocycles. The molecule has 6 heteroatoms. The number of anilines is 1. The van der Waals surface area contributed by atoms with Crippen LogP contribution in [-0.2, 0) is 19.6 Å². The summed E-state index contributed by atoms with van der Waals surface area (Å²) in [6.07, 6.45) is 5.70. The molecule has 0 saturated heterocycles. The van der Waals surface area contributed by atoms with E-state index in [0.29, 0.717) is 13.1 Å². The normalized spacial score (nSPS) is 10.7. The van der Waals surface area contributed by atoms with E-state index in [9.17, 15) is 0 Å². The average molecular weight is 235 g/mol. The van der Waals surface area contributed by atoms with Crippen molar-refractivity contribution >= 4 is 5.82 Å². The maximum atomic E-state index is 8.77. The predicted octanol–water partition coefficient (Wildman–Crippen LogP) is 0.704. The van der Waals surface area contributed by atoms with Gasteiger partial charge in [0.1, 0.15) is 5.82 Å². The zero-order chi connectivity index (χ0) is 12.1. The lowest BCUT2D eigenvalue weighted by molar-refractivity contribution is 0.269. The van der Waals surface area contributed by atoms with E-state index in [1.807, 2.05) is 29.3 Å². The highest BCUT2D eigenvalue weighted by Crippen LogP contribution is 2.05. The van der Waals surface area contributed by atoms with Crippen LogP contribution in [-0.4, -0.2) is 31.3 Å². The summed E-state index contributed by atoms with van der Waals surface area (Å²) in [6, 6.07) is 1.89. The third-order valence-corrected chi connectivity index (χ3v) is 2.45. The Morgan fingerprint density at radius 3 is 3.00 bits per heavy atom. The Hall–Kier alpha value is -1.82. The molecule has 2 heterocycles. The number of aliphatic hydroxyl groups excluding tert-OH is 1. The van der Waals surface area contributed by atoms with Gasteiger partial charge in [-0.05, 0) is 6.92 Å². The van der Waals surface area contributed by atoms with Crippen LogP contribution in [0.2, 0.25) is 0 Å². The van der Waals surface area contributed by atoms with Gasteiger partial charge in [-0.1, -0.05) is 0 Å². The van der Waals surface area contributed by atoms with Crippen molar-refractivity contribution in [3.8, 4) is 0 Å². The highest BCUT2D eigenvalue weighted by atomic mass is 16.3. The van der Waals surface area contributed by atoms with Gasteiger partial charge >= 0.3 is 0 Å². The minimum Gasteiger partial charge on any atom is -0.394 e. The molecule has 2 aromatic rings. The van der Waals surface area contributed by atoms with Gasteiger partial charge in [-0.15, -0.1) is 0 Å². The fourth-order valence-electron chi connectivity index (χ4n) is 1.55. The van der Waals surface area contributed by atoms with Gasteiger partial charge in [0, 0.05) is 37.1 Å². The minimum absolute atomic E-state index is 0.102. The highest BCUT2D eigenvalue weighted by molar-refractivity contribution is 5.33. The van der Waals surface area contributed by atoms with Crippen LogP contribution in [0.4, 0.5) is 5.82 Å². The Kier molecular flexibility index (Phi) is 3.77. The molecule has 92 valence electrons. The number of aliphatic hydroxyl groups is 1. The summed E-state index contributed by atoms with van der Waals surface area (Å²) in [5, 5.41) is 20.4. The number of rotatable bonds is 6. The molecular weight excluding hydrogens is 218 g/mol. The zero-order valence-corrected chi connectivity index (χ0v) is 9.87. The lowest BCUT2D eigenvalue weighted by Crippen LogP contribution is -2.04. The maximum absolute atomic E-state index is 8.77. The van der Waals surface area contributed by atoms with Gasteiger partial charge < -0.3 is 10.4 Å². The number of nitrogens with zero attached hydrogens (tertiary/aromatic N) is 4. The zero-order valence-electron chi connectivity index (χ0n) is 9.87. The van der Waals surface area contributed by atoms with Crippen molar-refractivity contribution < 1.29 is 5.11 Å². The third kappa shape index (κ3) is 3.07. The second-order valence-corrected chi connectivity index (χ2v) is 3.75. The van der Waals surface area contributed by atoms with Crippen molar-refractivity contribution in [2.75, 3.05) is 11.9 Å². The van der Waals surface area contributed by atoms with Crippen LogP contribution in [0.3, 0.4) is 0 Å². The van der Waals surface area contributed by atoms with E-state index in [2.05, 4.69) is 22.4 Å². The Labute approximate surface area is 99.9 Å². The maximum Gasteiger partial charge on any atom is 0.148 e. The molecule has 6 nitrogen and oxygen atoms in total.